The van der Waals surface area contributed by atoms with Crippen molar-refractivity contribution in [3.63, 3.8) is 0 Å². The monoisotopic (exact) mass is 236 g/mol. The molecule has 2 N–H and O–H groups in total. The van der Waals surface area contributed by atoms with Crippen molar-refractivity contribution in [2.75, 3.05) is 13.6 Å². The Morgan fingerprint density at radius 1 is 1.38 bits per heavy atom. The Kier molecular flexibility index (Phi) is 4.43. The fourth-order valence-electron chi connectivity index (χ4n) is 1.30. The van der Waals surface area contributed by atoms with Gasteiger partial charge in [-0.05, 0) is 19.1 Å². The van der Waals surface area contributed by atoms with Gasteiger partial charge in [0.2, 0.25) is 0 Å². The summed E-state index contributed by atoms with van der Waals surface area (Å²) in [6, 6.07) is 7.51. The van der Waals surface area contributed by atoms with E-state index in [-0.39, 0.29) is 5.91 Å². The summed E-state index contributed by atoms with van der Waals surface area (Å²) in [5, 5.41) is 0. The highest BCUT2D eigenvalue weighted by Gasteiger charge is 2.10. The lowest BCUT2D eigenvalue weighted by atomic mass is 10.1. The molecule has 1 aromatic rings. The number of nitrogens with two attached hydrogens (primary N) is 1. The molecule has 0 spiro atoms. The van der Waals surface area contributed by atoms with Crippen molar-refractivity contribution in [1.82, 2.24) is 4.90 Å². The summed E-state index contributed by atoms with van der Waals surface area (Å²) in [5.74, 6) is -0.00347. The first-order chi connectivity index (χ1) is 7.50. The van der Waals surface area contributed by atoms with Crippen molar-refractivity contribution in [2.24, 2.45) is 5.73 Å². The number of amides is 1. The fourth-order valence-corrected chi connectivity index (χ4v) is 1.39. The maximum Gasteiger partial charge on any atom is 0.253 e. The first kappa shape index (κ1) is 12.6. The smallest absolute Gasteiger partial charge is 0.253 e. The number of rotatable bonds is 4. The van der Waals surface area contributed by atoms with Crippen LogP contribution in [0.1, 0.15) is 22.3 Å². The second-order valence-corrected chi connectivity index (χ2v) is 4.33. The van der Waals surface area contributed by atoms with Gasteiger partial charge in [0.1, 0.15) is 0 Å². The predicted molar refractivity (Wildman–Crippen MR) is 69.5 cm³/mol. The van der Waals surface area contributed by atoms with Crippen molar-refractivity contribution in [3.05, 3.63) is 35.4 Å². The van der Waals surface area contributed by atoms with Gasteiger partial charge < -0.3 is 10.6 Å². The molecule has 0 radical (unpaired) electrons. The lowest BCUT2D eigenvalue weighted by molar-refractivity contribution is 0.0799. The number of hydrogen-bond donors (Lipinski definition) is 1. The molecule has 86 valence electrons. The molecule has 0 unspecified atom stereocenters. The highest BCUT2D eigenvalue weighted by Crippen LogP contribution is 2.06. The van der Waals surface area contributed by atoms with Crippen LogP contribution in [0.15, 0.2) is 24.3 Å². The quantitative estimate of drug-likeness (QED) is 0.810. The van der Waals surface area contributed by atoms with Crippen LogP contribution >= 0.6 is 12.2 Å². The van der Waals surface area contributed by atoms with E-state index in [1.54, 1.807) is 11.9 Å². The second kappa shape index (κ2) is 5.61. The zero-order chi connectivity index (χ0) is 12.1. The lowest BCUT2D eigenvalue weighted by Gasteiger charge is -2.16. The fraction of sp³-hybridized carbons (Fsp3) is 0.333. The van der Waals surface area contributed by atoms with Gasteiger partial charge >= 0.3 is 0 Å². The van der Waals surface area contributed by atoms with Gasteiger partial charge in [-0.25, -0.2) is 0 Å². The molecule has 0 aliphatic heterocycles. The molecule has 0 saturated carbocycles. The molecule has 1 rings (SSSR count). The summed E-state index contributed by atoms with van der Waals surface area (Å²) in [7, 11) is 1.75. The second-order valence-electron chi connectivity index (χ2n) is 3.81. The van der Waals surface area contributed by atoms with Crippen LogP contribution in [0, 0.1) is 6.92 Å². The topological polar surface area (TPSA) is 46.3 Å². The number of nitrogens with zero attached hydrogens (tertiary/aromatic N) is 1. The number of carbonyl (C=O) groups is 1. The molecule has 0 atom stereocenters. The van der Waals surface area contributed by atoms with Crippen LogP contribution < -0.4 is 5.73 Å². The average Bonchev–Trinajstić information content (AvgIpc) is 2.26. The molecular formula is C12H16N2OS. The molecule has 4 heteroatoms. The Bertz CT molecular complexity index is 387. The molecule has 0 aliphatic rings. The van der Waals surface area contributed by atoms with E-state index in [1.165, 1.54) is 0 Å². The van der Waals surface area contributed by atoms with Gasteiger partial charge in [-0.1, -0.05) is 29.9 Å². The summed E-state index contributed by atoms with van der Waals surface area (Å²) in [4.78, 5) is 14.0. The molecule has 1 aromatic carbocycles. The summed E-state index contributed by atoms with van der Waals surface area (Å²) in [6.45, 7) is 2.55. The van der Waals surface area contributed by atoms with E-state index in [2.05, 4.69) is 0 Å². The zero-order valence-corrected chi connectivity index (χ0v) is 10.4. The Balaban J connectivity index is 2.63. The van der Waals surface area contributed by atoms with E-state index in [1.807, 2.05) is 31.2 Å². The van der Waals surface area contributed by atoms with Crippen molar-refractivity contribution in [3.8, 4) is 0 Å². The number of thiocarbonyl (C=S) groups is 1. The third-order valence-corrected chi connectivity index (χ3v) is 2.54. The highest BCUT2D eigenvalue weighted by atomic mass is 32.1. The van der Waals surface area contributed by atoms with Crippen LogP contribution in [-0.2, 0) is 0 Å². The van der Waals surface area contributed by atoms with Crippen molar-refractivity contribution < 1.29 is 4.79 Å². The van der Waals surface area contributed by atoms with E-state index in [9.17, 15) is 4.79 Å². The van der Waals surface area contributed by atoms with Crippen LogP contribution in [0.25, 0.3) is 0 Å². The third kappa shape index (κ3) is 3.62. The molecule has 0 saturated heterocycles. The van der Waals surface area contributed by atoms with Crippen LogP contribution in [0.3, 0.4) is 0 Å². The normalized spacial score (nSPS) is 9.88. The van der Waals surface area contributed by atoms with Crippen LogP contribution in [0.4, 0.5) is 0 Å². The van der Waals surface area contributed by atoms with Crippen molar-refractivity contribution in [1.29, 1.82) is 0 Å². The first-order valence-electron chi connectivity index (χ1n) is 5.11. The van der Waals surface area contributed by atoms with Gasteiger partial charge in [0.15, 0.2) is 0 Å². The van der Waals surface area contributed by atoms with E-state index < -0.39 is 0 Å². The molecule has 3 nitrogen and oxygen atoms in total. The van der Waals surface area contributed by atoms with Gasteiger partial charge in [-0.3, -0.25) is 4.79 Å². The number of aryl methyl sites for hydroxylation is 1. The molecule has 0 fully saturated rings. The Morgan fingerprint density at radius 2 is 1.94 bits per heavy atom. The molecule has 16 heavy (non-hydrogen) atoms. The zero-order valence-electron chi connectivity index (χ0n) is 9.56. The standard InChI is InChI=1S/C12H16N2OS/c1-9-3-5-10(6-4-9)12(15)14(2)8-7-11(13)16/h3-6H,7-8H2,1-2H3,(H2,13,16). The van der Waals surface area contributed by atoms with Gasteiger partial charge in [0.05, 0.1) is 4.99 Å². The molecule has 1 amide bonds. The molecule has 0 aromatic heterocycles. The van der Waals surface area contributed by atoms with Gasteiger partial charge in [-0.2, -0.15) is 0 Å². The highest BCUT2D eigenvalue weighted by molar-refractivity contribution is 7.80. The SMILES string of the molecule is Cc1ccc(C(=O)N(C)CCC(N)=S)cc1. The van der Waals surface area contributed by atoms with Gasteiger partial charge in [-0.15, -0.1) is 0 Å². The summed E-state index contributed by atoms with van der Waals surface area (Å²) in [6.07, 6.45) is 0.559. The molecule has 0 heterocycles. The Morgan fingerprint density at radius 3 is 2.44 bits per heavy atom. The van der Waals surface area contributed by atoms with E-state index >= 15 is 0 Å². The van der Waals surface area contributed by atoms with E-state index in [0.29, 0.717) is 23.5 Å². The summed E-state index contributed by atoms with van der Waals surface area (Å²) in [5.41, 5.74) is 7.22. The average molecular weight is 236 g/mol. The largest absolute Gasteiger partial charge is 0.393 e. The van der Waals surface area contributed by atoms with Crippen LogP contribution in [0.2, 0.25) is 0 Å². The maximum absolute atomic E-state index is 11.9. The summed E-state index contributed by atoms with van der Waals surface area (Å²) >= 11 is 4.77. The maximum atomic E-state index is 11.9. The Labute approximate surface area is 101 Å². The van der Waals surface area contributed by atoms with E-state index in [0.717, 1.165) is 5.56 Å². The lowest BCUT2D eigenvalue weighted by Crippen LogP contribution is -2.30. The number of benzene rings is 1. The van der Waals surface area contributed by atoms with Gasteiger partial charge in [0, 0.05) is 25.6 Å². The molecule has 0 bridgehead atoms. The molecular weight excluding hydrogens is 220 g/mol. The van der Waals surface area contributed by atoms with Gasteiger partial charge in [0.25, 0.3) is 5.91 Å². The summed E-state index contributed by atoms with van der Waals surface area (Å²) < 4.78 is 0. The molecule has 0 aliphatic carbocycles. The predicted octanol–water partition coefficient (Wildman–Crippen LogP) is 1.74. The van der Waals surface area contributed by atoms with Crippen molar-refractivity contribution in [2.45, 2.75) is 13.3 Å². The number of hydrogen-bond acceptors (Lipinski definition) is 2. The van der Waals surface area contributed by atoms with Crippen LogP contribution in [-0.4, -0.2) is 29.4 Å². The minimum atomic E-state index is -0.00347. The Hall–Kier alpha value is -1.42. The number of carbonyl (C=O) groups excluding carboxylic acids is 1. The minimum Gasteiger partial charge on any atom is -0.393 e. The third-order valence-electron chi connectivity index (χ3n) is 2.34. The van der Waals surface area contributed by atoms with E-state index in [4.69, 9.17) is 18.0 Å². The van der Waals surface area contributed by atoms with Crippen LogP contribution in [0.5, 0.6) is 0 Å². The first-order valence-corrected chi connectivity index (χ1v) is 5.52. The minimum absolute atomic E-state index is 0.00347. The van der Waals surface area contributed by atoms with Crippen molar-refractivity contribution >= 4 is 23.1 Å².